The van der Waals surface area contributed by atoms with Gasteiger partial charge in [0.05, 0.1) is 0 Å². The fourth-order valence-electron chi connectivity index (χ4n) is 1.28. The lowest BCUT2D eigenvalue weighted by Gasteiger charge is -2.05. The molecule has 0 aliphatic heterocycles. The first kappa shape index (κ1) is 13.0. The molecule has 1 rings (SSSR count). The van der Waals surface area contributed by atoms with E-state index in [1.165, 1.54) is 13.0 Å². The highest BCUT2D eigenvalue weighted by molar-refractivity contribution is 5.99. The quantitative estimate of drug-likeness (QED) is 0.787. The lowest BCUT2D eigenvalue weighted by molar-refractivity contribution is -0.114. The molecule has 1 aromatic rings. The van der Waals surface area contributed by atoms with E-state index in [1.54, 1.807) is 24.3 Å². The van der Waals surface area contributed by atoms with Crippen LogP contribution >= 0.6 is 0 Å². The first-order chi connectivity index (χ1) is 7.97. The van der Waals surface area contributed by atoms with Crippen molar-refractivity contribution in [3.63, 3.8) is 0 Å². The minimum absolute atomic E-state index is 0.119. The number of carbonyl (C=O) groups is 2. The molecule has 90 valence electrons. The number of nitrogens with one attached hydrogen (secondary N) is 2. The second kappa shape index (κ2) is 5.84. The molecule has 2 amide bonds. The topological polar surface area (TPSA) is 58.2 Å². The molecule has 0 radical (unpaired) electrons. The molecule has 0 saturated carbocycles. The van der Waals surface area contributed by atoms with Crippen LogP contribution in [0.15, 0.2) is 35.9 Å². The lowest BCUT2D eigenvalue weighted by atomic mass is 10.2. The molecular formula is C13H16N2O2. The predicted molar refractivity (Wildman–Crippen MR) is 68.8 cm³/mol. The summed E-state index contributed by atoms with van der Waals surface area (Å²) in [7, 11) is 0. The van der Waals surface area contributed by atoms with Crippen LogP contribution in [-0.2, 0) is 9.59 Å². The molecule has 1 aromatic carbocycles. The molecule has 0 atom stereocenters. The molecule has 17 heavy (non-hydrogen) atoms. The summed E-state index contributed by atoms with van der Waals surface area (Å²) in [6.45, 7) is 5.17. The first-order valence-corrected chi connectivity index (χ1v) is 5.31. The standard InChI is InChI=1S/C13H16N2O2/c1-9(2)8-13(17)15-12-6-4-11(5-7-12)14-10(3)16/h4-8H,1-3H3,(H,14,16)(H,15,17). The highest BCUT2D eigenvalue weighted by Crippen LogP contribution is 2.13. The Morgan fingerprint density at radius 3 is 1.82 bits per heavy atom. The van der Waals surface area contributed by atoms with Crippen LogP contribution in [0.4, 0.5) is 11.4 Å². The van der Waals surface area contributed by atoms with E-state index in [-0.39, 0.29) is 11.8 Å². The van der Waals surface area contributed by atoms with Gasteiger partial charge in [-0.2, -0.15) is 0 Å². The van der Waals surface area contributed by atoms with Crippen molar-refractivity contribution < 1.29 is 9.59 Å². The maximum atomic E-state index is 11.4. The van der Waals surface area contributed by atoms with Gasteiger partial charge in [-0.25, -0.2) is 0 Å². The molecule has 0 aliphatic rings. The van der Waals surface area contributed by atoms with Gasteiger partial charge in [-0.1, -0.05) is 5.57 Å². The van der Waals surface area contributed by atoms with Crippen LogP contribution in [0.25, 0.3) is 0 Å². The first-order valence-electron chi connectivity index (χ1n) is 5.31. The second-order valence-corrected chi connectivity index (χ2v) is 3.97. The average Bonchev–Trinajstić information content (AvgIpc) is 2.18. The summed E-state index contributed by atoms with van der Waals surface area (Å²) in [6, 6.07) is 6.95. The summed E-state index contributed by atoms with van der Waals surface area (Å²) in [5.41, 5.74) is 2.34. The SMILES string of the molecule is CC(=O)Nc1ccc(NC(=O)C=C(C)C)cc1. The van der Waals surface area contributed by atoms with E-state index in [1.807, 2.05) is 13.8 Å². The van der Waals surface area contributed by atoms with Crippen LogP contribution in [0, 0.1) is 0 Å². The van der Waals surface area contributed by atoms with Crippen LogP contribution in [0.5, 0.6) is 0 Å². The van der Waals surface area contributed by atoms with Crippen LogP contribution in [0.2, 0.25) is 0 Å². The third-order valence-electron chi connectivity index (χ3n) is 1.89. The van der Waals surface area contributed by atoms with Crippen LogP contribution in [-0.4, -0.2) is 11.8 Å². The fourth-order valence-corrected chi connectivity index (χ4v) is 1.28. The molecule has 4 heteroatoms. The van der Waals surface area contributed by atoms with Crippen LogP contribution < -0.4 is 10.6 Å². The summed E-state index contributed by atoms with van der Waals surface area (Å²) in [4.78, 5) is 22.2. The summed E-state index contributed by atoms with van der Waals surface area (Å²) >= 11 is 0. The van der Waals surface area contributed by atoms with Crippen molar-refractivity contribution in [2.75, 3.05) is 10.6 Å². The molecule has 0 saturated heterocycles. The summed E-state index contributed by atoms with van der Waals surface area (Å²) in [5.74, 6) is -0.274. The van der Waals surface area contributed by atoms with E-state index in [9.17, 15) is 9.59 Å². The van der Waals surface area contributed by atoms with Gasteiger partial charge >= 0.3 is 0 Å². The number of anilines is 2. The van der Waals surface area contributed by atoms with Gasteiger partial charge in [0.25, 0.3) is 0 Å². The number of allylic oxidation sites excluding steroid dienone is 1. The zero-order chi connectivity index (χ0) is 12.8. The minimum Gasteiger partial charge on any atom is -0.326 e. The lowest BCUT2D eigenvalue weighted by Crippen LogP contribution is -2.09. The summed E-state index contributed by atoms with van der Waals surface area (Å²) in [6.07, 6.45) is 1.53. The Morgan fingerprint density at radius 2 is 1.41 bits per heavy atom. The molecule has 0 aromatic heterocycles. The Balaban J connectivity index is 2.65. The number of rotatable bonds is 3. The average molecular weight is 232 g/mol. The molecular weight excluding hydrogens is 216 g/mol. The molecule has 0 bridgehead atoms. The minimum atomic E-state index is -0.155. The van der Waals surface area contributed by atoms with E-state index >= 15 is 0 Å². The zero-order valence-corrected chi connectivity index (χ0v) is 10.2. The normalized spacial score (nSPS) is 9.35. The van der Waals surface area contributed by atoms with Crippen molar-refractivity contribution in [1.29, 1.82) is 0 Å². The zero-order valence-electron chi connectivity index (χ0n) is 10.2. The molecule has 2 N–H and O–H groups in total. The van der Waals surface area contributed by atoms with Gasteiger partial charge in [-0.3, -0.25) is 9.59 Å². The molecule has 4 nitrogen and oxygen atoms in total. The number of hydrogen-bond donors (Lipinski definition) is 2. The smallest absolute Gasteiger partial charge is 0.248 e. The number of carbonyl (C=O) groups excluding carboxylic acids is 2. The molecule has 0 aliphatic carbocycles. The van der Waals surface area contributed by atoms with Crippen molar-refractivity contribution in [3.05, 3.63) is 35.9 Å². The van der Waals surface area contributed by atoms with E-state index in [2.05, 4.69) is 10.6 Å². The highest BCUT2D eigenvalue weighted by Gasteiger charge is 1.99. The van der Waals surface area contributed by atoms with Gasteiger partial charge < -0.3 is 10.6 Å². The third-order valence-corrected chi connectivity index (χ3v) is 1.89. The van der Waals surface area contributed by atoms with Gasteiger partial charge in [0, 0.05) is 24.4 Å². The highest BCUT2D eigenvalue weighted by atomic mass is 16.2. The van der Waals surface area contributed by atoms with E-state index < -0.39 is 0 Å². The van der Waals surface area contributed by atoms with Crippen molar-refractivity contribution >= 4 is 23.2 Å². The van der Waals surface area contributed by atoms with Gasteiger partial charge in [-0.15, -0.1) is 0 Å². The van der Waals surface area contributed by atoms with Crippen LogP contribution in [0.3, 0.4) is 0 Å². The van der Waals surface area contributed by atoms with Gasteiger partial charge in [0.15, 0.2) is 0 Å². The van der Waals surface area contributed by atoms with Crippen molar-refractivity contribution in [3.8, 4) is 0 Å². The Kier molecular flexibility index (Phi) is 4.46. The Labute approximate surface area is 101 Å². The maximum Gasteiger partial charge on any atom is 0.248 e. The predicted octanol–water partition coefficient (Wildman–Crippen LogP) is 2.55. The molecule has 0 heterocycles. The Hall–Kier alpha value is -2.10. The Bertz CT molecular complexity index is 443. The third kappa shape index (κ3) is 4.97. The molecule has 0 fully saturated rings. The van der Waals surface area contributed by atoms with Crippen molar-refractivity contribution in [2.24, 2.45) is 0 Å². The van der Waals surface area contributed by atoms with Gasteiger partial charge in [0.1, 0.15) is 0 Å². The van der Waals surface area contributed by atoms with E-state index in [4.69, 9.17) is 0 Å². The number of hydrogen-bond acceptors (Lipinski definition) is 2. The van der Waals surface area contributed by atoms with E-state index in [0.717, 1.165) is 5.57 Å². The summed E-state index contributed by atoms with van der Waals surface area (Å²) in [5, 5.41) is 5.38. The van der Waals surface area contributed by atoms with Gasteiger partial charge in [-0.05, 0) is 38.1 Å². The molecule has 0 unspecified atom stereocenters. The monoisotopic (exact) mass is 232 g/mol. The van der Waals surface area contributed by atoms with E-state index in [0.29, 0.717) is 11.4 Å². The molecule has 0 spiro atoms. The van der Waals surface area contributed by atoms with Gasteiger partial charge in [0.2, 0.25) is 11.8 Å². The maximum absolute atomic E-state index is 11.4. The number of amides is 2. The van der Waals surface area contributed by atoms with Crippen molar-refractivity contribution in [2.45, 2.75) is 20.8 Å². The van der Waals surface area contributed by atoms with Crippen LogP contribution in [0.1, 0.15) is 20.8 Å². The Morgan fingerprint density at radius 1 is 0.941 bits per heavy atom. The van der Waals surface area contributed by atoms with Crippen molar-refractivity contribution in [1.82, 2.24) is 0 Å². The summed E-state index contributed by atoms with van der Waals surface area (Å²) < 4.78 is 0. The largest absolute Gasteiger partial charge is 0.326 e. The fraction of sp³-hybridized carbons (Fsp3) is 0.231. The number of benzene rings is 1. The second-order valence-electron chi connectivity index (χ2n) is 3.97.